The van der Waals surface area contributed by atoms with Gasteiger partial charge in [-0.05, 0) is 68.7 Å². The highest BCUT2D eigenvalue weighted by molar-refractivity contribution is 6.00. The first-order chi connectivity index (χ1) is 19.5. The molecule has 2 atom stereocenters. The van der Waals surface area contributed by atoms with Crippen LogP contribution in [0, 0.1) is 5.41 Å². The van der Waals surface area contributed by atoms with E-state index in [1.54, 1.807) is 0 Å². The van der Waals surface area contributed by atoms with Crippen molar-refractivity contribution in [1.82, 2.24) is 25.5 Å². The van der Waals surface area contributed by atoms with Crippen LogP contribution in [-0.4, -0.2) is 64.4 Å². The van der Waals surface area contributed by atoms with Crippen LogP contribution in [0.3, 0.4) is 0 Å². The lowest BCUT2D eigenvalue weighted by atomic mass is 9.84. The number of piperidine rings is 1. The van der Waals surface area contributed by atoms with E-state index in [2.05, 4.69) is 51.1 Å². The van der Waals surface area contributed by atoms with E-state index in [4.69, 9.17) is 4.98 Å². The second kappa shape index (κ2) is 11.6. The Morgan fingerprint density at radius 3 is 2.49 bits per heavy atom. The van der Waals surface area contributed by atoms with Crippen molar-refractivity contribution in [1.29, 1.82) is 0 Å². The number of nitrogens with zero attached hydrogens (tertiary/aromatic N) is 3. The maximum absolute atomic E-state index is 13.6. The molecule has 2 aromatic heterocycles. The van der Waals surface area contributed by atoms with Gasteiger partial charge in [0.05, 0.1) is 28.8 Å². The van der Waals surface area contributed by atoms with E-state index in [1.807, 2.05) is 57.3 Å². The maximum Gasteiger partial charge on any atom is 0.268 e. The number of nitrogens with one attached hydrogen (secondary N) is 3. The van der Waals surface area contributed by atoms with E-state index >= 15 is 0 Å². The molecule has 0 spiro atoms. The van der Waals surface area contributed by atoms with E-state index < -0.39 is 11.5 Å². The van der Waals surface area contributed by atoms with Gasteiger partial charge in [-0.3, -0.25) is 14.6 Å². The normalized spacial score (nSPS) is 20.2. The smallest absolute Gasteiger partial charge is 0.268 e. The van der Waals surface area contributed by atoms with Crippen LogP contribution in [0.1, 0.15) is 76.0 Å². The molecule has 3 N–H and O–H groups in total. The van der Waals surface area contributed by atoms with Crippen LogP contribution in [0.5, 0.6) is 0 Å². The van der Waals surface area contributed by atoms with E-state index in [0.29, 0.717) is 12.2 Å². The Kier molecular flexibility index (Phi) is 8.11. The molecule has 2 amide bonds. The fourth-order valence-corrected chi connectivity index (χ4v) is 6.14. The monoisotopic (exact) mass is 556 g/mol. The van der Waals surface area contributed by atoms with Crippen LogP contribution in [0.2, 0.25) is 0 Å². The van der Waals surface area contributed by atoms with Gasteiger partial charge in [-0.25, -0.2) is 0 Å². The van der Waals surface area contributed by atoms with E-state index in [9.17, 15) is 9.59 Å². The summed E-state index contributed by atoms with van der Waals surface area (Å²) in [6, 6.07) is 13.1. The summed E-state index contributed by atoms with van der Waals surface area (Å²) in [5, 5.41) is 7.15. The fraction of sp³-hybridized carbons (Fsp3) is 0.485. The molecule has 5 rings (SSSR count). The van der Waals surface area contributed by atoms with Crippen molar-refractivity contribution in [2.45, 2.75) is 71.4 Å². The number of fused-ring (bicyclic) bond motifs is 1. The average Bonchev–Trinajstić information content (AvgIpc) is 3.65. The number of pyridine rings is 1. The Bertz CT molecular complexity index is 1370. The molecule has 0 radical (unpaired) electrons. The van der Waals surface area contributed by atoms with Crippen molar-refractivity contribution in [3.8, 4) is 0 Å². The molecule has 2 aliphatic heterocycles. The first-order valence-electron chi connectivity index (χ1n) is 14.9. The number of carbonyl (C=O) groups excluding carboxylic acids is 2. The number of hydrogen-bond donors (Lipinski definition) is 3. The number of benzene rings is 1. The summed E-state index contributed by atoms with van der Waals surface area (Å²) in [6.07, 6.45) is 7.50. The Morgan fingerprint density at radius 1 is 1.07 bits per heavy atom. The molecule has 2 fully saturated rings. The zero-order valence-corrected chi connectivity index (χ0v) is 24.9. The first kappa shape index (κ1) is 28.7. The lowest BCUT2D eigenvalue weighted by Gasteiger charge is -2.47. The van der Waals surface area contributed by atoms with Gasteiger partial charge < -0.3 is 25.4 Å². The number of anilines is 1. The standard InChI is InChI=1S/C33H44N6O2/c1-23(26-15-14-25(21-34-26)38-17-10-11-18-38)39-19-9-8-16-33(39,5)22-35-31(41)29(32(2,3)4)37-30(40)28-20-24-12-6-7-13-27(24)36-28/h6-7,12-15,20-21,29,36H,1,8-11,16-19,22H2,2-5H3,(H,35,41)(H,37,40)/t29-,33?/m1/s1. The fourth-order valence-electron chi connectivity index (χ4n) is 6.14. The van der Waals surface area contributed by atoms with Crippen molar-refractivity contribution < 1.29 is 9.59 Å². The molecule has 3 aromatic rings. The molecule has 0 bridgehead atoms. The second-order valence-electron chi connectivity index (χ2n) is 12.9. The molecular weight excluding hydrogens is 512 g/mol. The number of para-hydroxylation sites is 1. The molecule has 4 heterocycles. The molecule has 8 heteroatoms. The van der Waals surface area contributed by atoms with Gasteiger partial charge in [0, 0.05) is 37.1 Å². The molecule has 218 valence electrons. The third-order valence-electron chi connectivity index (χ3n) is 8.66. The molecule has 2 saturated heterocycles. The summed E-state index contributed by atoms with van der Waals surface area (Å²) in [4.78, 5) is 39.5. The summed E-state index contributed by atoms with van der Waals surface area (Å²) in [5.41, 5.74) is 3.45. The summed E-state index contributed by atoms with van der Waals surface area (Å²) in [6.45, 7) is 16.0. The van der Waals surface area contributed by atoms with E-state index in [0.717, 1.165) is 66.9 Å². The molecular formula is C33H44N6O2. The highest BCUT2D eigenvalue weighted by Crippen LogP contribution is 2.34. The molecule has 0 saturated carbocycles. The summed E-state index contributed by atoms with van der Waals surface area (Å²) in [5.74, 6) is -0.481. The van der Waals surface area contributed by atoms with Crippen molar-refractivity contribution >= 4 is 34.1 Å². The summed E-state index contributed by atoms with van der Waals surface area (Å²) >= 11 is 0. The van der Waals surface area contributed by atoms with Crippen LogP contribution in [0.4, 0.5) is 5.69 Å². The van der Waals surface area contributed by atoms with Crippen LogP contribution in [0.25, 0.3) is 16.6 Å². The van der Waals surface area contributed by atoms with Crippen LogP contribution in [-0.2, 0) is 4.79 Å². The second-order valence-corrected chi connectivity index (χ2v) is 12.9. The van der Waals surface area contributed by atoms with Gasteiger partial charge in [0.1, 0.15) is 11.7 Å². The van der Waals surface area contributed by atoms with Crippen LogP contribution >= 0.6 is 0 Å². The molecule has 1 unspecified atom stereocenters. The molecule has 0 aliphatic carbocycles. The van der Waals surface area contributed by atoms with Gasteiger partial charge in [-0.1, -0.05) is 45.5 Å². The minimum absolute atomic E-state index is 0.188. The summed E-state index contributed by atoms with van der Waals surface area (Å²) in [7, 11) is 0. The lowest BCUT2D eigenvalue weighted by Crippen LogP contribution is -2.59. The number of amides is 2. The Morgan fingerprint density at radius 2 is 1.80 bits per heavy atom. The largest absolute Gasteiger partial charge is 0.370 e. The van der Waals surface area contributed by atoms with Crippen molar-refractivity contribution in [3.63, 3.8) is 0 Å². The SMILES string of the molecule is C=C(c1ccc(N2CCCC2)cn1)N1CCCCC1(C)CNC(=O)[C@@H](NC(=O)c1cc2ccccc2[nH]1)C(C)(C)C. The van der Waals surface area contributed by atoms with Gasteiger partial charge in [-0.15, -0.1) is 0 Å². The van der Waals surface area contributed by atoms with Crippen molar-refractivity contribution in [2.75, 3.05) is 31.1 Å². The van der Waals surface area contributed by atoms with Gasteiger partial charge in [-0.2, -0.15) is 0 Å². The zero-order valence-electron chi connectivity index (χ0n) is 24.9. The van der Waals surface area contributed by atoms with Gasteiger partial charge >= 0.3 is 0 Å². The average molecular weight is 557 g/mol. The van der Waals surface area contributed by atoms with Gasteiger partial charge in [0.2, 0.25) is 5.91 Å². The highest BCUT2D eigenvalue weighted by Gasteiger charge is 2.39. The number of H-pyrrole nitrogens is 1. The van der Waals surface area contributed by atoms with Gasteiger partial charge in [0.25, 0.3) is 5.91 Å². The van der Waals surface area contributed by atoms with E-state index in [1.165, 1.54) is 12.8 Å². The number of hydrogen-bond acceptors (Lipinski definition) is 5. The van der Waals surface area contributed by atoms with Gasteiger partial charge in [0.15, 0.2) is 0 Å². The third kappa shape index (κ3) is 6.26. The summed E-state index contributed by atoms with van der Waals surface area (Å²) < 4.78 is 0. The number of carbonyl (C=O) groups is 2. The van der Waals surface area contributed by atoms with Crippen LogP contribution < -0.4 is 15.5 Å². The van der Waals surface area contributed by atoms with Crippen LogP contribution in [0.15, 0.2) is 55.2 Å². The Labute approximate surface area is 243 Å². The third-order valence-corrected chi connectivity index (χ3v) is 8.66. The Hall–Kier alpha value is -3.81. The molecule has 1 aromatic carbocycles. The molecule has 8 nitrogen and oxygen atoms in total. The lowest BCUT2D eigenvalue weighted by molar-refractivity contribution is -0.126. The number of likely N-dealkylation sites (tertiary alicyclic amines) is 1. The van der Waals surface area contributed by atoms with Crippen molar-refractivity contribution in [2.24, 2.45) is 5.41 Å². The predicted molar refractivity (Wildman–Crippen MR) is 166 cm³/mol. The minimum atomic E-state index is -0.704. The topological polar surface area (TPSA) is 93.4 Å². The predicted octanol–water partition coefficient (Wildman–Crippen LogP) is 5.34. The number of rotatable bonds is 8. The minimum Gasteiger partial charge on any atom is -0.370 e. The first-order valence-corrected chi connectivity index (χ1v) is 14.9. The quantitative estimate of drug-likeness (QED) is 0.348. The zero-order chi connectivity index (χ0) is 29.2. The molecule has 41 heavy (non-hydrogen) atoms. The van der Waals surface area contributed by atoms with E-state index in [-0.39, 0.29) is 17.4 Å². The highest BCUT2D eigenvalue weighted by atomic mass is 16.2. The number of aromatic amines is 1. The number of aromatic nitrogens is 2. The van der Waals surface area contributed by atoms with Crippen molar-refractivity contribution in [3.05, 3.63) is 66.6 Å². The molecule has 2 aliphatic rings. The maximum atomic E-state index is 13.6. The Balaban J connectivity index is 1.26.